The second-order valence-electron chi connectivity index (χ2n) is 4.84. The predicted molar refractivity (Wildman–Crippen MR) is 75.0 cm³/mol. The molecule has 112 valence electrons. The first-order valence-corrected chi connectivity index (χ1v) is 6.19. The van der Waals surface area contributed by atoms with Crippen LogP contribution in [-0.4, -0.2) is 0 Å². The summed E-state index contributed by atoms with van der Waals surface area (Å²) >= 11 is 0. The Morgan fingerprint density at radius 1 is 0.952 bits per heavy atom. The highest BCUT2D eigenvalue weighted by atomic mass is 19.4. The fraction of sp³-hybridized carbons (Fsp3) is 0.200. The van der Waals surface area contributed by atoms with Gasteiger partial charge in [-0.1, -0.05) is 6.07 Å². The van der Waals surface area contributed by atoms with E-state index in [-0.39, 0.29) is 11.4 Å². The lowest BCUT2D eigenvalue weighted by atomic mass is 10.1. The molecule has 0 aliphatic carbocycles. The largest absolute Gasteiger partial charge is 0.416 e. The van der Waals surface area contributed by atoms with Crippen LogP contribution in [0.25, 0.3) is 0 Å². The Morgan fingerprint density at radius 2 is 1.62 bits per heavy atom. The van der Waals surface area contributed by atoms with Crippen LogP contribution in [0, 0.1) is 19.7 Å². The Morgan fingerprint density at radius 3 is 2.24 bits per heavy atom. The second-order valence-corrected chi connectivity index (χ2v) is 4.84. The highest BCUT2D eigenvalue weighted by molar-refractivity contribution is 5.75. The van der Waals surface area contributed by atoms with Crippen molar-refractivity contribution in [1.29, 1.82) is 0 Å². The van der Waals surface area contributed by atoms with Crippen LogP contribution in [0.4, 0.5) is 34.6 Å². The number of alkyl halides is 3. The summed E-state index contributed by atoms with van der Waals surface area (Å²) in [5.74, 6) is -0.459. The highest BCUT2D eigenvalue weighted by Crippen LogP contribution is 2.34. The van der Waals surface area contributed by atoms with Crippen LogP contribution >= 0.6 is 0 Å². The van der Waals surface area contributed by atoms with Gasteiger partial charge in [-0.15, -0.1) is 0 Å². The third kappa shape index (κ3) is 3.26. The molecule has 2 aromatic carbocycles. The number of aryl methyl sites for hydroxylation is 2. The van der Waals surface area contributed by atoms with E-state index in [0.29, 0.717) is 16.8 Å². The minimum atomic E-state index is -4.42. The van der Waals surface area contributed by atoms with Crippen LogP contribution in [0.3, 0.4) is 0 Å². The monoisotopic (exact) mass is 298 g/mol. The number of nitrogen functional groups attached to an aromatic ring is 1. The Bertz CT molecular complexity index is 678. The first-order valence-electron chi connectivity index (χ1n) is 6.19. The molecule has 0 radical (unpaired) electrons. The zero-order chi connectivity index (χ0) is 15.8. The molecule has 21 heavy (non-hydrogen) atoms. The summed E-state index contributed by atoms with van der Waals surface area (Å²) in [6.07, 6.45) is -4.42. The molecule has 0 saturated carbocycles. The Labute approximate surface area is 119 Å². The Hall–Kier alpha value is -2.24. The van der Waals surface area contributed by atoms with Gasteiger partial charge in [0.05, 0.1) is 16.9 Å². The number of nitrogens with one attached hydrogen (secondary N) is 1. The molecule has 2 rings (SSSR count). The number of halogens is 4. The smallest absolute Gasteiger partial charge is 0.397 e. The van der Waals surface area contributed by atoms with Gasteiger partial charge in [0.1, 0.15) is 5.82 Å². The number of anilines is 3. The summed E-state index contributed by atoms with van der Waals surface area (Å²) in [7, 11) is 0. The molecule has 0 bridgehead atoms. The summed E-state index contributed by atoms with van der Waals surface area (Å²) in [5, 5.41) is 2.83. The quantitative estimate of drug-likeness (QED) is 0.618. The lowest BCUT2D eigenvalue weighted by Gasteiger charge is -2.15. The topological polar surface area (TPSA) is 38.0 Å². The summed E-state index contributed by atoms with van der Waals surface area (Å²) in [5.41, 5.74) is 6.70. The maximum absolute atomic E-state index is 13.3. The number of benzene rings is 2. The van der Waals surface area contributed by atoms with Gasteiger partial charge in [0.2, 0.25) is 0 Å². The fourth-order valence-electron chi connectivity index (χ4n) is 1.88. The molecule has 3 N–H and O–H groups in total. The van der Waals surface area contributed by atoms with Crippen molar-refractivity contribution in [3.05, 3.63) is 52.8 Å². The molecule has 0 atom stereocenters. The third-order valence-corrected chi connectivity index (χ3v) is 3.17. The van der Waals surface area contributed by atoms with Gasteiger partial charge in [0.15, 0.2) is 0 Å². The molecule has 6 heteroatoms. The number of hydrogen-bond acceptors (Lipinski definition) is 2. The van der Waals surface area contributed by atoms with E-state index in [1.54, 1.807) is 13.8 Å². The SMILES string of the molecule is Cc1cc(Nc2cc(C(F)(F)F)ccc2C)c(N)cc1F. The standard InChI is InChI=1S/C15H14F4N2/c1-8-3-4-10(15(17,18)19)6-13(8)21-14-5-9(2)11(16)7-12(14)20/h3-7,21H,20H2,1-2H3. The van der Waals surface area contributed by atoms with E-state index >= 15 is 0 Å². The molecule has 0 fully saturated rings. The van der Waals surface area contributed by atoms with Gasteiger partial charge in [-0.2, -0.15) is 13.2 Å². The van der Waals surface area contributed by atoms with E-state index in [1.807, 2.05) is 0 Å². The normalized spacial score (nSPS) is 11.5. The molecule has 0 saturated heterocycles. The average molecular weight is 298 g/mol. The van der Waals surface area contributed by atoms with Crippen molar-refractivity contribution >= 4 is 17.1 Å². The summed E-state index contributed by atoms with van der Waals surface area (Å²) in [4.78, 5) is 0. The van der Waals surface area contributed by atoms with Crippen molar-refractivity contribution in [3.8, 4) is 0 Å². The Kier molecular flexibility index (Phi) is 3.80. The van der Waals surface area contributed by atoms with E-state index in [4.69, 9.17) is 5.73 Å². The molecule has 0 aliphatic heterocycles. The van der Waals surface area contributed by atoms with Gasteiger partial charge in [-0.05, 0) is 49.2 Å². The minimum absolute atomic E-state index is 0.134. The maximum atomic E-state index is 13.3. The molecule has 0 heterocycles. The first kappa shape index (κ1) is 15.2. The second kappa shape index (κ2) is 5.27. The van der Waals surface area contributed by atoms with Crippen LogP contribution in [-0.2, 0) is 6.18 Å². The van der Waals surface area contributed by atoms with E-state index in [0.717, 1.165) is 18.2 Å². The van der Waals surface area contributed by atoms with Crippen LogP contribution < -0.4 is 11.1 Å². The molecule has 0 aliphatic rings. The molecule has 2 aromatic rings. The van der Waals surface area contributed by atoms with Crippen LogP contribution in [0.2, 0.25) is 0 Å². The third-order valence-electron chi connectivity index (χ3n) is 3.17. The van der Waals surface area contributed by atoms with Crippen molar-refractivity contribution in [2.75, 3.05) is 11.1 Å². The predicted octanol–water partition coefficient (Wildman–Crippen LogP) is 4.79. The summed E-state index contributed by atoms with van der Waals surface area (Å²) in [6, 6.07) is 6.00. The molecule has 0 spiro atoms. The lowest BCUT2D eigenvalue weighted by Crippen LogP contribution is -2.06. The molecule has 0 amide bonds. The van der Waals surface area contributed by atoms with Crippen LogP contribution in [0.15, 0.2) is 30.3 Å². The van der Waals surface area contributed by atoms with Crippen molar-refractivity contribution in [3.63, 3.8) is 0 Å². The van der Waals surface area contributed by atoms with Gasteiger partial charge in [-0.25, -0.2) is 4.39 Å². The molecular formula is C15H14F4N2. The van der Waals surface area contributed by atoms with Gasteiger partial charge in [-0.3, -0.25) is 0 Å². The zero-order valence-electron chi connectivity index (χ0n) is 11.5. The van der Waals surface area contributed by atoms with E-state index in [2.05, 4.69) is 5.32 Å². The van der Waals surface area contributed by atoms with E-state index in [9.17, 15) is 17.6 Å². The Balaban J connectivity index is 2.42. The molecule has 2 nitrogen and oxygen atoms in total. The van der Waals surface area contributed by atoms with Gasteiger partial charge < -0.3 is 11.1 Å². The minimum Gasteiger partial charge on any atom is -0.397 e. The number of rotatable bonds is 2. The average Bonchev–Trinajstić information content (AvgIpc) is 2.37. The van der Waals surface area contributed by atoms with Gasteiger partial charge >= 0.3 is 6.18 Å². The van der Waals surface area contributed by atoms with Crippen molar-refractivity contribution in [2.24, 2.45) is 0 Å². The van der Waals surface area contributed by atoms with Crippen LogP contribution in [0.1, 0.15) is 16.7 Å². The molecule has 0 unspecified atom stereocenters. The first-order chi connectivity index (χ1) is 9.68. The van der Waals surface area contributed by atoms with E-state index < -0.39 is 17.6 Å². The van der Waals surface area contributed by atoms with Gasteiger partial charge in [0, 0.05) is 5.69 Å². The zero-order valence-corrected chi connectivity index (χ0v) is 11.5. The van der Waals surface area contributed by atoms with Crippen molar-refractivity contribution in [1.82, 2.24) is 0 Å². The van der Waals surface area contributed by atoms with Crippen LogP contribution in [0.5, 0.6) is 0 Å². The van der Waals surface area contributed by atoms with E-state index in [1.165, 1.54) is 12.1 Å². The lowest BCUT2D eigenvalue weighted by molar-refractivity contribution is -0.137. The maximum Gasteiger partial charge on any atom is 0.416 e. The van der Waals surface area contributed by atoms with Crippen molar-refractivity contribution < 1.29 is 17.6 Å². The fourth-order valence-corrected chi connectivity index (χ4v) is 1.88. The number of hydrogen-bond donors (Lipinski definition) is 2. The van der Waals surface area contributed by atoms with Gasteiger partial charge in [0.25, 0.3) is 0 Å². The number of nitrogens with two attached hydrogens (primary N) is 1. The molecular weight excluding hydrogens is 284 g/mol. The highest BCUT2D eigenvalue weighted by Gasteiger charge is 2.30. The summed E-state index contributed by atoms with van der Waals surface area (Å²) < 4.78 is 51.5. The molecule has 0 aromatic heterocycles. The van der Waals surface area contributed by atoms with Crippen molar-refractivity contribution in [2.45, 2.75) is 20.0 Å². The summed E-state index contributed by atoms with van der Waals surface area (Å²) in [6.45, 7) is 3.23.